The average molecular weight is 459 g/mol. The largest absolute Gasteiger partial charge is 0.292 e. The van der Waals surface area contributed by atoms with Gasteiger partial charge in [0.25, 0.3) is 0 Å². The molecule has 0 saturated heterocycles. The zero-order valence-corrected chi connectivity index (χ0v) is 20.8. The van der Waals surface area contributed by atoms with Crippen molar-refractivity contribution < 1.29 is 0 Å². The summed E-state index contributed by atoms with van der Waals surface area (Å²) in [5.74, 6) is 0.206. The minimum absolute atomic E-state index is 0.206. The Labute approximate surface area is 204 Å². The van der Waals surface area contributed by atoms with Crippen LogP contribution in [0.5, 0.6) is 0 Å². The predicted molar refractivity (Wildman–Crippen MR) is 139 cm³/mol. The molecule has 2 unspecified atom stereocenters. The van der Waals surface area contributed by atoms with Gasteiger partial charge in [-0.2, -0.15) is 5.26 Å². The first-order valence-electron chi connectivity index (χ1n) is 12.0. The van der Waals surface area contributed by atoms with Crippen LogP contribution in [0, 0.1) is 17.2 Å². The third-order valence-electron chi connectivity index (χ3n) is 6.86. The van der Waals surface area contributed by atoms with Gasteiger partial charge in [0.05, 0.1) is 11.5 Å². The number of halogens is 1. The van der Waals surface area contributed by atoms with Gasteiger partial charge in [0.1, 0.15) is 0 Å². The van der Waals surface area contributed by atoms with Crippen molar-refractivity contribution in [3.05, 3.63) is 107 Å². The van der Waals surface area contributed by atoms with Crippen molar-refractivity contribution in [3.8, 4) is 6.07 Å². The van der Waals surface area contributed by atoms with Crippen LogP contribution in [0.15, 0.2) is 84.9 Å². The van der Waals surface area contributed by atoms with Gasteiger partial charge in [-0.15, -0.1) is 0 Å². The molecular formula is C30H35ClN2. The molecule has 0 amide bonds. The van der Waals surface area contributed by atoms with Gasteiger partial charge in [-0.25, -0.2) is 0 Å². The number of nitrogens with zero attached hydrogens (tertiary/aromatic N) is 2. The predicted octanol–water partition coefficient (Wildman–Crippen LogP) is 8.02. The van der Waals surface area contributed by atoms with Gasteiger partial charge in [0.15, 0.2) is 0 Å². The molecule has 3 rings (SSSR count). The number of hydrogen-bond acceptors (Lipinski definition) is 2. The van der Waals surface area contributed by atoms with Crippen molar-refractivity contribution in [1.29, 1.82) is 5.26 Å². The molecule has 0 aliphatic heterocycles. The van der Waals surface area contributed by atoms with E-state index in [4.69, 9.17) is 11.6 Å². The SMILES string of the molecule is CCC(CCC(C#N)(c1ccc(Cl)cc1)C(C)C)N(Cc1ccccc1)Cc1ccccc1. The second kappa shape index (κ2) is 12.0. The van der Waals surface area contributed by atoms with Gasteiger partial charge in [-0.3, -0.25) is 4.90 Å². The molecule has 172 valence electrons. The van der Waals surface area contributed by atoms with E-state index in [-0.39, 0.29) is 5.92 Å². The maximum Gasteiger partial charge on any atom is 0.0845 e. The van der Waals surface area contributed by atoms with Crippen LogP contribution < -0.4 is 0 Å². The molecule has 33 heavy (non-hydrogen) atoms. The summed E-state index contributed by atoms with van der Waals surface area (Å²) in [5, 5.41) is 11.1. The highest BCUT2D eigenvalue weighted by atomic mass is 35.5. The molecule has 0 aliphatic carbocycles. The Kier molecular flexibility index (Phi) is 9.12. The van der Waals surface area contributed by atoms with Crippen molar-refractivity contribution in [2.24, 2.45) is 5.92 Å². The second-order valence-corrected chi connectivity index (χ2v) is 9.66. The Morgan fingerprint density at radius 2 is 1.36 bits per heavy atom. The highest BCUT2D eigenvalue weighted by Gasteiger charge is 2.36. The van der Waals surface area contributed by atoms with Crippen molar-refractivity contribution in [1.82, 2.24) is 4.90 Å². The fourth-order valence-electron chi connectivity index (χ4n) is 4.75. The van der Waals surface area contributed by atoms with E-state index in [0.29, 0.717) is 11.1 Å². The Bertz CT molecular complexity index is 967. The molecule has 0 aliphatic rings. The molecular weight excluding hydrogens is 424 g/mol. The smallest absolute Gasteiger partial charge is 0.0845 e. The third-order valence-corrected chi connectivity index (χ3v) is 7.11. The molecule has 3 aromatic rings. The summed E-state index contributed by atoms with van der Waals surface area (Å²) in [7, 11) is 0. The van der Waals surface area contributed by atoms with Gasteiger partial charge < -0.3 is 0 Å². The van der Waals surface area contributed by atoms with Gasteiger partial charge in [-0.05, 0) is 54.0 Å². The molecule has 0 fully saturated rings. The second-order valence-electron chi connectivity index (χ2n) is 9.22. The van der Waals surface area contributed by atoms with Gasteiger partial charge in [-0.1, -0.05) is 105 Å². The Hall–Kier alpha value is -2.60. The van der Waals surface area contributed by atoms with Crippen molar-refractivity contribution in [2.75, 3.05) is 0 Å². The lowest BCUT2D eigenvalue weighted by Gasteiger charge is -2.36. The first kappa shape index (κ1) is 25.0. The van der Waals surface area contributed by atoms with Crippen LogP contribution in [0.3, 0.4) is 0 Å². The summed E-state index contributed by atoms with van der Waals surface area (Å²) >= 11 is 6.14. The number of hydrogen-bond donors (Lipinski definition) is 0. The van der Waals surface area contributed by atoms with Crippen LogP contribution in [0.2, 0.25) is 5.02 Å². The van der Waals surface area contributed by atoms with E-state index in [1.165, 1.54) is 11.1 Å². The summed E-state index contributed by atoms with van der Waals surface area (Å²) in [6.07, 6.45) is 2.83. The highest BCUT2D eigenvalue weighted by molar-refractivity contribution is 6.30. The fraction of sp³-hybridized carbons (Fsp3) is 0.367. The quantitative estimate of drug-likeness (QED) is 0.291. The molecule has 0 aromatic heterocycles. The van der Waals surface area contributed by atoms with E-state index in [9.17, 15) is 5.26 Å². The molecule has 0 saturated carbocycles. The maximum absolute atomic E-state index is 10.4. The Morgan fingerprint density at radius 1 is 0.848 bits per heavy atom. The van der Waals surface area contributed by atoms with Gasteiger partial charge >= 0.3 is 0 Å². The standard InChI is InChI=1S/C30H35ClN2/c1-4-29(19-20-30(23-32,24(2)3)27-15-17-28(31)18-16-27)33(21-25-11-7-5-8-12-25)22-26-13-9-6-10-14-26/h5-18,24,29H,4,19-22H2,1-3H3. The summed E-state index contributed by atoms with van der Waals surface area (Å²) < 4.78 is 0. The minimum Gasteiger partial charge on any atom is -0.292 e. The average Bonchev–Trinajstić information content (AvgIpc) is 2.84. The summed E-state index contributed by atoms with van der Waals surface area (Å²) in [6, 6.07) is 32.3. The maximum atomic E-state index is 10.4. The molecule has 3 aromatic carbocycles. The minimum atomic E-state index is -0.525. The monoisotopic (exact) mass is 458 g/mol. The van der Waals surface area contributed by atoms with Crippen molar-refractivity contribution >= 4 is 11.6 Å². The van der Waals surface area contributed by atoms with Crippen LogP contribution >= 0.6 is 11.6 Å². The van der Waals surface area contributed by atoms with Gasteiger partial charge in [0.2, 0.25) is 0 Å². The Morgan fingerprint density at radius 3 is 1.79 bits per heavy atom. The lowest BCUT2D eigenvalue weighted by atomic mass is 9.69. The molecule has 2 atom stereocenters. The van der Waals surface area contributed by atoms with E-state index in [1.54, 1.807) is 0 Å². The molecule has 0 spiro atoms. The molecule has 0 bridgehead atoms. The number of rotatable bonds is 11. The van der Waals surface area contributed by atoms with Crippen LogP contribution in [0.1, 0.15) is 56.7 Å². The van der Waals surface area contributed by atoms with E-state index in [0.717, 1.165) is 37.9 Å². The van der Waals surface area contributed by atoms with E-state index in [2.05, 4.69) is 92.4 Å². The number of benzene rings is 3. The van der Waals surface area contributed by atoms with Crippen LogP contribution in [0.25, 0.3) is 0 Å². The van der Waals surface area contributed by atoms with Crippen LogP contribution in [0.4, 0.5) is 0 Å². The van der Waals surface area contributed by atoms with Gasteiger partial charge in [0, 0.05) is 24.2 Å². The molecule has 0 radical (unpaired) electrons. The van der Waals surface area contributed by atoms with Crippen LogP contribution in [-0.2, 0) is 18.5 Å². The highest BCUT2D eigenvalue weighted by Crippen LogP contribution is 2.38. The lowest BCUT2D eigenvalue weighted by Crippen LogP contribution is -2.37. The van der Waals surface area contributed by atoms with E-state index >= 15 is 0 Å². The van der Waals surface area contributed by atoms with E-state index in [1.807, 2.05) is 24.3 Å². The molecule has 2 nitrogen and oxygen atoms in total. The molecule has 3 heteroatoms. The number of nitriles is 1. The fourth-order valence-corrected chi connectivity index (χ4v) is 4.88. The normalized spacial score (nSPS) is 14.1. The zero-order chi connectivity index (χ0) is 23.7. The zero-order valence-electron chi connectivity index (χ0n) is 20.0. The first-order chi connectivity index (χ1) is 16.0. The first-order valence-corrected chi connectivity index (χ1v) is 12.4. The lowest BCUT2D eigenvalue weighted by molar-refractivity contribution is 0.152. The van der Waals surface area contributed by atoms with Crippen molar-refractivity contribution in [3.63, 3.8) is 0 Å². The molecule has 0 heterocycles. The summed E-state index contributed by atoms with van der Waals surface area (Å²) in [4.78, 5) is 2.58. The topological polar surface area (TPSA) is 27.0 Å². The Balaban J connectivity index is 1.85. The molecule has 0 N–H and O–H groups in total. The van der Waals surface area contributed by atoms with Crippen molar-refractivity contribution in [2.45, 2.75) is 64.6 Å². The van der Waals surface area contributed by atoms with E-state index < -0.39 is 5.41 Å². The third kappa shape index (κ3) is 6.47. The van der Waals surface area contributed by atoms with Crippen LogP contribution in [-0.4, -0.2) is 10.9 Å². The summed E-state index contributed by atoms with van der Waals surface area (Å²) in [6.45, 7) is 8.38. The summed E-state index contributed by atoms with van der Waals surface area (Å²) in [5.41, 5.74) is 3.18.